The quantitative estimate of drug-likeness (QED) is 0.858. The number of aromatic hydroxyl groups is 1. The van der Waals surface area contributed by atoms with Crippen LogP contribution in [-0.2, 0) is 6.42 Å². The summed E-state index contributed by atoms with van der Waals surface area (Å²) in [6.07, 6.45) is 3.31. The summed E-state index contributed by atoms with van der Waals surface area (Å²) in [5.74, 6) is 0.243. The molecule has 0 fully saturated rings. The molecule has 18 heavy (non-hydrogen) atoms. The fourth-order valence-corrected chi connectivity index (χ4v) is 2.13. The van der Waals surface area contributed by atoms with Gasteiger partial charge in [0.25, 0.3) is 0 Å². The molecule has 1 N–H and O–H groups in total. The minimum Gasteiger partial charge on any atom is -0.507 e. The van der Waals surface area contributed by atoms with E-state index in [1.807, 2.05) is 19.9 Å². The van der Waals surface area contributed by atoms with Gasteiger partial charge in [0.2, 0.25) is 0 Å². The van der Waals surface area contributed by atoms with Crippen molar-refractivity contribution in [2.45, 2.75) is 40.0 Å². The highest BCUT2D eigenvalue weighted by Gasteiger charge is 2.06. The highest BCUT2D eigenvalue weighted by Crippen LogP contribution is 2.31. The fraction of sp³-hybridized carbons (Fsp3) is 0.400. The number of pyridine rings is 1. The average Bonchev–Trinajstić information content (AvgIpc) is 2.43. The van der Waals surface area contributed by atoms with Crippen LogP contribution < -0.4 is 0 Å². The molecule has 0 unspecified atom stereocenters. The first kappa shape index (κ1) is 15.0. The lowest BCUT2D eigenvalue weighted by molar-refractivity contribution is 0.473. The first-order valence-electron chi connectivity index (χ1n) is 6.49. The Kier molecular flexibility index (Phi) is 6.13. The van der Waals surface area contributed by atoms with Gasteiger partial charge in [0.05, 0.1) is 9.99 Å². The van der Waals surface area contributed by atoms with Crippen LogP contribution in [0.15, 0.2) is 28.7 Å². The Morgan fingerprint density at radius 1 is 1.17 bits per heavy atom. The van der Waals surface area contributed by atoms with E-state index in [2.05, 4.69) is 40.0 Å². The third-order valence-electron chi connectivity index (χ3n) is 2.62. The Morgan fingerprint density at radius 2 is 1.83 bits per heavy atom. The third kappa shape index (κ3) is 3.45. The van der Waals surface area contributed by atoms with Crippen molar-refractivity contribution in [3.63, 3.8) is 0 Å². The lowest BCUT2D eigenvalue weighted by Crippen LogP contribution is -1.91. The van der Waals surface area contributed by atoms with Gasteiger partial charge in [0.1, 0.15) is 5.75 Å². The molecule has 0 aliphatic rings. The SMILES string of the molecule is CC.CCCCc1ccc2ccc(O)c(Br)c2n1. The lowest BCUT2D eigenvalue weighted by Gasteiger charge is -2.05. The summed E-state index contributed by atoms with van der Waals surface area (Å²) in [4.78, 5) is 4.57. The molecular formula is C15H20BrNO. The second-order valence-corrected chi connectivity index (χ2v) is 4.67. The Morgan fingerprint density at radius 3 is 2.50 bits per heavy atom. The second-order valence-electron chi connectivity index (χ2n) is 3.88. The molecule has 0 radical (unpaired) electrons. The van der Waals surface area contributed by atoms with E-state index >= 15 is 0 Å². The van der Waals surface area contributed by atoms with Crippen LogP contribution in [0.2, 0.25) is 0 Å². The largest absolute Gasteiger partial charge is 0.507 e. The molecule has 0 saturated carbocycles. The number of phenolic OH excluding ortho intramolecular Hbond substituents is 1. The van der Waals surface area contributed by atoms with Gasteiger partial charge in [-0.25, -0.2) is 0 Å². The van der Waals surface area contributed by atoms with Crippen molar-refractivity contribution in [3.05, 3.63) is 34.4 Å². The van der Waals surface area contributed by atoms with Crippen LogP contribution in [0.5, 0.6) is 5.75 Å². The van der Waals surface area contributed by atoms with Crippen molar-refractivity contribution in [3.8, 4) is 5.75 Å². The lowest BCUT2D eigenvalue weighted by atomic mass is 10.1. The number of halogens is 1. The van der Waals surface area contributed by atoms with Crippen molar-refractivity contribution < 1.29 is 5.11 Å². The molecule has 2 nitrogen and oxygen atoms in total. The molecule has 2 rings (SSSR count). The molecule has 1 aromatic carbocycles. The number of nitrogens with zero attached hydrogens (tertiary/aromatic N) is 1. The Labute approximate surface area is 117 Å². The third-order valence-corrected chi connectivity index (χ3v) is 3.41. The summed E-state index contributed by atoms with van der Waals surface area (Å²) in [5.41, 5.74) is 1.93. The number of benzene rings is 1. The first-order valence-corrected chi connectivity index (χ1v) is 7.28. The predicted molar refractivity (Wildman–Crippen MR) is 81.1 cm³/mol. The molecule has 0 aliphatic carbocycles. The fourth-order valence-electron chi connectivity index (χ4n) is 1.68. The minimum atomic E-state index is 0.243. The second kappa shape index (κ2) is 7.37. The summed E-state index contributed by atoms with van der Waals surface area (Å²) >= 11 is 3.37. The molecule has 2 aromatic rings. The van der Waals surface area contributed by atoms with Gasteiger partial charge >= 0.3 is 0 Å². The smallest absolute Gasteiger partial charge is 0.132 e. The van der Waals surface area contributed by atoms with E-state index in [0.717, 1.165) is 29.4 Å². The zero-order valence-electron chi connectivity index (χ0n) is 11.2. The molecule has 0 spiro atoms. The molecule has 0 amide bonds. The van der Waals surface area contributed by atoms with Crippen LogP contribution in [0, 0.1) is 0 Å². The van der Waals surface area contributed by atoms with E-state index in [1.54, 1.807) is 6.07 Å². The van der Waals surface area contributed by atoms with Gasteiger partial charge in [-0.15, -0.1) is 0 Å². The highest BCUT2D eigenvalue weighted by molar-refractivity contribution is 9.10. The van der Waals surface area contributed by atoms with Gasteiger partial charge in [0, 0.05) is 11.1 Å². The molecule has 1 heterocycles. The van der Waals surface area contributed by atoms with Gasteiger partial charge in [-0.3, -0.25) is 4.98 Å². The Balaban J connectivity index is 0.000000771. The maximum atomic E-state index is 9.60. The molecule has 3 heteroatoms. The van der Waals surface area contributed by atoms with Crippen LogP contribution >= 0.6 is 15.9 Å². The molecule has 98 valence electrons. The average molecular weight is 310 g/mol. The molecule has 1 aromatic heterocycles. The number of unbranched alkanes of at least 4 members (excludes halogenated alkanes) is 1. The number of hydrogen-bond acceptors (Lipinski definition) is 2. The van der Waals surface area contributed by atoms with Gasteiger partial charge in [0.15, 0.2) is 0 Å². The summed E-state index contributed by atoms with van der Waals surface area (Å²) in [5, 5.41) is 10.6. The maximum Gasteiger partial charge on any atom is 0.132 e. The Bertz CT molecular complexity index is 511. The molecular weight excluding hydrogens is 290 g/mol. The van der Waals surface area contributed by atoms with Crippen LogP contribution in [0.3, 0.4) is 0 Å². The topological polar surface area (TPSA) is 33.1 Å². The number of rotatable bonds is 3. The minimum absolute atomic E-state index is 0.243. The summed E-state index contributed by atoms with van der Waals surface area (Å²) in [6, 6.07) is 7.67. The van der Waals surface area contributed by atoms with Crippen LogP contribution in [-0.4, -0.2) is 10.1 Å². The number of hydrogen-bond donors (Lipinski definition) is 1. The van der Waals surface area contributed by atoms with Crippen LogP contribution in [0.4, 0.5) is 0 Å². The standard InChI is InChI=1S/C13H14BrNO.C2H6/c1-2-3-4-10-7-5-9-6-8-11(16)12(14)13(9)15-10;1-2/h5-8,16H,2-4H2,1H3;1-2H3. The number of phenols is 1. The van der Waals surface area contributed by atoms with E-state index in [-0.39, 0.29) is 5.75 Å². The van der Waals surface area contributed by atoms with Crippen molar-refractivity contribution in [2.75, 3.05) is 0 Å². The van der Waals surface area contributed by atoms with Crippen molar-refractivity contribution in [2.24, 2.45) is 0 Å². The summed E-state index contributed by atoms with van der Waals surface area (Å²) in [6.45, 7) is 6.17. The number of aryl methyl sites for hydroxylation is 1. The summed E-state index contributed by atoms with van der Waals surface area (Å²) in [7, 11) is 0. The van der Waals surface area contributed by atoms with Gasteiger partial charge in [-0.1, -0.05) is 33.3 Å². The van der Waals surface area contributed by atoms with Crippen molar-refractivity contribution >= 4 is 26.8 Å². The Hall–Kier alpha value is -1.09. The normalized spacial score (nSPS) is 10.0. The van der Waals surface area contributed by atoms with Crippen LogP contribution in [0.25, 0.3) is 10.9 Å². The highest BCUT2D eigenvalue weighted by atomic mass is 79.9. The van der Waals surface area contributed by atoms with E-state index < -0.39 is 0 Å². The number of aromatic nitrogens is 1. The number of fused-ring (bicyclic) bond motifs is 1. The molecule has 0 saturated heterocycles. The van der Waals surface area contributed by atoms with Gasteiger partial charge in [-0.05, 0) is 47.0 Å². The zero-order valence-corrected chi connectivity index (χ0v) is 12.8. The van der Waals surface area contributed by atoms with Crippen LogP contribution in [0.1, 0.15) is 39.3 Å². The van der Waals surface area contributed by atoms with E-state index in [9.17, 15) is 5.11 Å². The van der Waals surface area contributed by atoms with Crippen molar-refractivity contribution in [1.29, 1.82) is 0 Å². The first-order chi connectivity index (χ1) is 8.72. The van der Waals surface area contributed by atoms with Gasteiger partial charge in [-0.2, -0.15) is 0 Å². The predicted octanol–water partition coefficient (Wildman–Crippen LogP) is 5.07. The van der Waals surface area contributed by atoms with E-state index in [1.165, 1.54) is 6.42 Å². The van der Waals surface area contributed by atoms with E-state index in [4.69, 9.17) is 0 Å². The van der Waals surface area contributed by atoms with Gasteiger partial charge < -0.3 is 5.11 Å². The zero-order chi connectivity index (χ0) is 13.5. The molecule has 0 bridgehead atoms. The molecule has 0 aliphatic heterocycles. The maximum absolute atomic E-state index is 9.60. The van der Waals surface area contributed by atoms with Crippen molar-refractivity contribution in [1.82, 2.24) is 4.98 Å². The summed E-state index contributed by atoms with van der Waals surface area (Å²) < 4.78 is 0.684. The monoisotopic (exact) mass is 309 g/mol. The van der Waals surface area contributed by atoms with E-state index in [0.29, 0.717) is 4.47 Å². The molecule has 0 atom stereocenters.